The molecule has 0 radical (unpaired) electrons. The molecule has 0 atom stereocenters. The topological polar surface area (TPSA) is 25.8 Å². The van der Waals surface area contributed by atoms with E-state index in [-0.39, 0.29) is 0 Å². The summed E-state index contributed by atoms with van der Waals surface area (Å²) in [5, 5.41) is 5.54. The van der Waals surface area contributed by atoms with Gasteiger partial charge in [-0.2, -0.15) is 0 Å². The number of halogens is 2. The van der Waals surface area contributed by atoms with Gasteiger partial charge in [0.15, 0.2) is 0 Å². The second-order valence-corrected chi connectivity index (χ2v) is 9.76. The van der Waals surface area contributed by atoms with Gasteiger partial charge in [0.25, 0.3) is 0 Å². The normalized spacial score (nSPS) is 11.6. The van der Waals surface area contributed by atoms with Gasteiger partial charge in [0.05, 0.1) is 22.1 Å². The number of nitrogens with zero attached hydrogens (tertiary/aromatic N) is 2. The quantitative estimate of drug-likeness (QED) is 0.174. The minimum atomic E-state index is 0.656. The molecular weight excluding hydrogens is 483 g/mol. The van der Waals surface area contributed by atoms with Crippen molar-refractivity contribution in [2.75, 3.05) is 0 Å². The molecule has 2 nitrogen and oxygen atoms in total. The lowest BCUT2D eigenvalue weighted by Gasteiger charge is -2.16. The lowest BCUT2D eigenvalue weighted by molar-refractivity contribution is 1.46. The zero-order valence-electron chi connectivity index (χ0n) is 19.0. The molecule has 0 N–H and O–H groups in total. The van der Waals surface area contributed by atoms with Gasteiger partial charge in [0.1, 0.15) is 0 Å². The van der Waals surface area contributed by atoms with Crippen LogP contribution in [0.1, 0.15) is 0 Å². The Hall–Kier alpha value is -3.98. The summed E-state index contributed by atoms with van der Waals surface area (Å²) in [6.07, 6.45) is 0. The molecule has 0 saturated heterocycles. The van der Waals surface area contributed by atoms with Gasteiger partial charge in [-0.15, -0.1) is 0 Å². The molecule has 170 valence electrons. The smallest absolute Gasteiger partial charge is 0.0979 e. The number of benzene rings is 5. The first-order chi connectivity index (χ1) is 17.7. The molecule has 0 fully saturated rings. The molecule has 2 heterocycles. The van der Waals surface area contributed by atoms with E-state index in [0.717, 1.165) is 65.9 Å². The minimum Gasteiger partial charge on any atom is -0.245 e. The maximum absolute atomic E-state index is 6.42. The Morgan fingerprint density at radius 1 is 0.417 bits per heavy atom. The minimum absolute atomic E-state index is 0.656. The molecule has 0 unspecified atom stereocenters. The third-order valence-corrected chi connectivity index (χ3v) is 7.21. The number of fused-ring (bicyclic) bond motifs is 5. The van der Waals surface area contributed by atoms with Crippen molar-refractivity contribution in [3.05, 3.63) is 119 Å². The van der Waals surface area contributed by atoms with Crippen molar-refractivity contribution >= 4 is 66.8 Å². The molecule has 0 spiro atoms. The van der Waals surface area contributed by atoms with Crippen LogP contribution < -0.4 is 0 Å². The summed E-state index contributed by atoms with van der Waals surface area (Å²) in [5.41, 5.74) is 7.89. The van der Waals surface area contributed by atoms with Crippen molar-refractivity contribution in [1.29, 1.82) is 0 Å². The van der Waals surface area contributed by atoms with Gasteiger partial charge < -0.3 is 0 Å². The summed E-state index contributed by atoms with van der Waals surface area (Å²) in [6, 6.07) is 37.0. The Bertz CT molecular complexity index is 1810. The van der Waals surface area contributed by atoms with Crippen molar-refractivity contribution in [1.82, 2.24) is 9.97 Å². The van der Waals surface area contributed by atoms with E-state index in [2.05, 4.69) is 72.8 Å². The molecule has 7 rings (SSSR count). The highest BCUT2D eigenvalue weighted by atomic mass is 35.5. The van der Waals surface area contributed by atoms with Gasteiger partial charge in [-0.05, 0) is 35.4 Å². The van der Waals surface area contributed by atoms with Gasteiger partial charge >= 0.3 is 0 Å². The van der Waals surface area contributed by atoms with Crippen LogP contribution in [0, 0.1) is 0 Å². The van der Waals surface area contributed by atoms with Gasteiger partial charge in [0.2, 0.25) is 0 Å². The van der Waals surface area contributed by atoms with Crippen LogP contribution >= 0.6 is 23.2 Å². The summed E-state index contributed by atoms with van der Waals surface area (Å²) in [4.78, 5) is 10.3. The molecule has 0 aliphatic rings. The van der Waals surface area contributed by atoms with Crippen molar-refractivity contribution < 1.29 is 0 Å². The molecule has 36 heavy (non-hydrogen) atoms. The maximum atomic E-state index is 6.42. The summed E-state index contributed by atoms with van der Waals surface area (Å²) >= 11 is 12.8. The van der Waals surface area contributed by atoms with Gasteiger partial charge in [-0.1, -0.05) is 108 Å². The van der Waals surface area contributed by atoms with Crippen LogP contribution in [0.25, 0.3) is 65.9 Å². The first-order valence-corrected chi connectivity index (χ1v) is 12.5. The molecule has 0 amide bonds. The Morgan fingerprint density at radius 2 is 0.806 bits per heavy atom. The van der Waals surface area contributed by atoms with E-state index in [4.69, 9.17) is 33.2 Å². The lowest BCUT2D eigenvalue weighted by atomic mass is 9.92. The van der Waals surface area contributed by atoms with Crippen molar-refractivity contribution in [3.63, 3.8) is 0 Å². The van der Waals surface area contributed by atoms with E-state index in [0.29, 0.717) is 10.0 Å². The Kier molecular flexibility index (Phi) is 4.92. The molecule has 0 bridgehead atoms. The third kappa shape index (κ3) is 3.34. The number of aromatic nitrogens is 2. The first kappa shape index (κ1) is 21.3. The number of rotatable bonds is 2. The van der Waals surface area contributed by atoms with E-state index in [1.165, 1.54) is 0 Å². The molecule has 5 aromatic carbocycles. The number of pyridine rings is 2. The number of hydrogen-bond acceptors (Lipinski definition) is 2. The van der Waals surface area contributed by atoms with E-state index in [1.807, 2.05) is 36.4 Å². The maximum Gasteiger partial charge on any atom is 0.0979 e. The fourth-order valence-electron chi connectivity index (χ4n) is 5.19. The highest BCUT2D eigenvalue weighted by Gasteiger charge is 2.18. The van der Waals surface area contributed by atoms with E-state index in [1.54, 1.807) is 0 Å². The van der Waals surface area contributed by atoms with Gasteiger partial charge in [-0.25, -0.2) is 9.97 Å². The van der Waals surface area contributed by atoms with Crippen molar-refractivity contribution in [2.24, 2.45) is 0 Å². The predicted molar refractivity (Wildman–Crippen MR) is 153 cm³/mol. The predicted octanol–water partition coefficient (Wildman–Crippen LogP) is 9.73. The van der Waals surface area contributed by atoms with E-state index in [9.17, 15) is 0 Å². The fourth-order valence-corrected chi connectivity index (χ4v) is 5.52. The summed E-state index contributed by atoms with van der Waals surface area (Å²) in [5.74, 6) is 0. The van der Waals surface area contributed by atoms with Crippen LogP contribution in [0.5, 0.6) is 0 Å². The zero-order chi connectivity index (χ0) is 24.2. The molecular formula is C32H18Cl2N2. The van der Waals surface area contributed by atoms with Crippen LogP contribution in [-0.4, -0.2) is 9.97 Å². The Balaban J connectivity index is 1.71. The average Bonchev–Trinajstić information content (AvgIpc) is 2.91. The largest absolute Gasteiger partial charge is 0.245 e. The number of hydrogen-bond donors (Lipinski definition) is 0. The fraction of sp³-hybridized carbons (Fsp3) is 0. The first-order valence-electron chi connectivity index (χ1n) is 11.7. The molecule has 4 heteroatoms. The monoisotopic (exact) mass is 500 g/mol. The van der Waals surface area contributed by atoms with Crippen molar-refractivity contribution in [3.8, 4) is 22.3 Å². The highest BCUT2D eigenvalue weighted by Crippen LogP contribution is 2.42. The second kappa shape index (κ2) is 8.30. The molecule has 0 saturated carbocycles. The highest BCUT2D eigenvalue weighted by molar-refractivity contribution is 6.32. The summed E-state index contributed by atoms with van der Waals surface area (Å²) in [7, 11) is 0. The van der Waals surface area contributed by atoms with Crippen molar-refractivity contribution in [2.45, 2.75) is 0 Å². The summed E-state index contributed by atoms with van der Waals surface area (Å²) < 4.78 is 0. The Labute approximate surface area is 217 Å². The van der Waals surface area contributed by atoms with Crippen LogP contribution in [0.2, 0.25) is 10.0 Å². The van der Waals surface area contributed by atoms with E-state index < -0.39 is 0 Å². The standard InChI is InChI=1S/C32H18Cl2N2/c33-21-11-13-23-27(17-21)35-31-25(29(23)19-7-3-1-4-8-19)15-16-26-30(20-9-5-2-6-10-20)24-14-12-22(34)18-28(24)36-32(26)31/h1-18H. The SMILES string of the molecule is Clc1ccc2c(-c3ccccc3)c3ccc4c(-c5ccccc5)c5ccc(Cl)cc5nc4c3nc2c1. The van der Waals surface area contributed by atoms with Crippen LogP contribution in [-0.2, 0) is 0 Å². The van der Waals surface area contributed by atoms with Crippen LogP contribution in [0.15, 0.2) is 109 Å². The molecule has 0 aliphatic heterocycles. The summed E-state index contributed by atoms with van der Waals surface area (Å²) in [6.45, 7) is 0. The molecule has 2 aromatic heterocycles. The van der Waals surface area contributed by atoms with Crippen LogP contribution in [0.4, 0.5) is 0 Å². The average molecular weight is 501 g/mol. The lowest BCUT2D eigenvalue weighted by Crippen LogP contribution is -1.95. The molecule has 7 aromatic rings. The second-order valence-electron chi connectivity index (χ2n) is 8.89. The van der Waals surface area contributed by atoms with E-state index >= 15 is 0 Å². The molecule has 0 aliphatic carbocycles. The van der Waals surface area contributed by atoms with Crippen LogP contribution in [0.3, 0.4) is 0 Å². The third-order valence-electron chi connectivity index (χ3n) is 6.74. The zero-order valence-corrected chi connectivity index (χ0v) is 20.6. The van der Waals surface area contributed by atoms with Gasteiger partial charge in [-0.3, -0.25) is 0 Å². The van der Waals surface area contributed by atoms with Gasteiger partial charge in [0, 0.05) is 42.7 Å². The Morgan fingerprint density at radius 3 is 1.22 bits per heavy atom.